The molecule has 0 aliphatic carbocycles. The van der Waals surface area contributed by atoms with Crippen LogP contribution in [0.3, 0.4) is 0 Å². The molecule has 7 nitrogen and oxygen atoms in total. The van der Waals surface area contributed by atoms with Crippen LogP contribution in [-0.4, -0.2) is 24.0 Å². The van der Waals surface area contributed by atoms with E-state index in [-0.39, 0.29) is 17.0 Å². The second-order valence-electron chi connectivity index (χ2n) is 2.65. The van der Waals surface area contributed by atoms with Crippen LogP contribution >= 0.6 is 0 Å². The lowest BCUT2D eigenvalue weighted by Gasteiger charge is -2.01. The second-order valence-corrected chi connectivity index (χ2v) is 2.65. The highest BCUT2D eigenvalue weighted by Gasteiger charge is 2.17. The van der Waals surface area contributed by atoms with Gasteiger partial charge >= 0.3 is 5.69 Å². The van der Waals surface area contributed by atoms with E-state index in [0.717, 1.165) is 12.1 Å². The van der Waals surface area contributed by atoms with E-state index in [0.29, 0.717) is 0 Å². The van der Waals surface area contributed by atoms with Gasteiger partial charge in [0.1, 0.15) is 0 Å². The van der Waals surface area contributed by atoms with Gasteiger partial charge < -0.3 is 4.74 Å². The quantitative estimate of drug-likeness (QED) is 0.329. The summed E-state index contributed by atoms with van der Waals surface area (Å²) in [6.45, 7) is 0. The number of benzene rings is 1. The molecule has 0 radical (unpaired) electrons. The molecule has 7 heteroatoms. The van der Waals surface area contributed by atoms with Crippen LogP contribution in [-0.2, 0) is 4.79 Å². The number of isocyanates is 1. The van der Waals surface area contributed by atoms with Gasteiger partial charge in [-0.1, -0.05) is 0 Å². The molecule has 82 valence electrons. The Labute approximate surface area is 89.5 Å². The number of ether oxygens (including phenoxy) is 1. The van der Waals surface area contributed by atoms with Crippen molar-refractivity contribution in [2.24, 2.45) is 4.99 Å². The van der Waals surface area contributed by atoms with E-state index in [1.807, 2.05) is 0 Å². The molecular weight excluding hydrogens is 216 g/mol. The highest BCUT2D eigenvalue weighted by atomic mass is 16.6. The molecule has 0 bridgehead atoms. The number of nitro groups is 1. The summed E-state index contributed by atoms with van der Waals surface area (Å²) in [4.78, 5) is 33.8. The van der Waals surface area contributed by atoms with Crippen molar-refractivity contribution in [3.05, 3.63) is 33.9 Å². The van der Waals surface area contributed by atoms with Gasteiger partial charge in [0.05, 0.1) is 12.0 Å². The third-order valence-corrected chi connectivity index (χ3v) is 1.77. The van der Waals surface area contributed by atoms with Crippen molar-refractivity contribution in [2.45, 2.75) is 0 Å². The van der Waals surface area contributed by atoms with Crippen molar-refractivity contribution in [3.63, 3.8) is 0 Å². The number of amides is 1. The molecule has 0 heterocycles. The number of hydrogen-bond donors (Lipinski definition) is 0. The summed E-state index contributed by atoms with van der Waals surface area (Å²) in [5.74, 6) is -0.864. The van der Waals surface area contributed by atoms with Crippen LogP contribution in [0.2, 0.25) is 0 Å². The minimum atomic E-state index is -0.888. The van der Waals surface area contributed by atoms with Gasteiger partial charge in [-0.15, -0.1) is 4.99 Å². The Kier molecular flexibility index (Phi) is 3.47. The molecule has 1 aromatic rings. The maximum absolute atomic E-state index is 11.1. The Morgan fingerprint density at radius 1 is 1.56 bits per heavy atom. The van der Waals surface area contributed by atoms with Gasteiger partial charge in [0.2, 0.25) is 6.08 Å². The summed E-state index contributed by atoms with van der Waals surface area (Å²) < 4.78 is 4.74. The van der Waals surface area contributed by atoms with E-state index in [2.05, 4.69) is 4.99 Å². The molecular formula is C9H6N2O5. The van der Waals surface area contributed by atoms with E-state index in [1.165, 1.54) is 19.2 Å². The van der Waals surface area contributed by atoms with Gasteiger partial charge in [0.15, 0.2) is 5.75 Å². The topological polar surface area (TPSA) is 98.9 Å². The fourth-order valence-corrected chi connectivity index (χ4v) is 1.07. The fourth-order valence-electron chi connectivity index (χ4n) is 1.07. The van der Waals surface area contributed by atoms with Crippen molar-refractivity contribution in [2.75, 3.05) is 7.11 Å². The monoisotopic (exact) mass is 222 g/mol. The van der Waals surface area contributed by atoms with Crippen molar-refractivity contribution in [1.82, 2.24) is 0 Å². The largest absolute Gasteiger partial charge is 0.490 e. The highest BCUT2D eigenvalue weighted by Crippen LogP contribution is 2.27. The third-order valence-electron chi connectivity index (χ3n) is 1.77. The van der Waals surface area contributed by atoms with Crippen LogP contribution in [0.5, 0.6) is 5.75 Å². The van der Waals surface area contributed by atoms with Crippen molar-refractivity contribution >= 4 is 17.7 Å². The van der Waals surface area contributed by atoms with Gasteiger partial charge in [-0.3, -0.25) is 14.9 Å². The molecule has 0 aromatic heterocycles. The van der Waals surface area contributed by atoms with Crippen LogP contribution in [0.15, 0.2) is 23.2 Å². The van der Waals surface area contributed by atoms with Crippen LogP contribution in [0, 0.1) is 10.1 Å². The Bertz CT molecular complexity index is 491. The van der Waals surface area contributed by atoms with Crippen LogP contribution in [0.1, 0.15) is 10.4 Å². The van der Waals surface area contributed by atoms with Crippen molar-refractivity contribution in [3.8, 4) is 5.75 Å². The molecule has 16 heavy (non-hydrogen) atoms. The summed E-state index contributed by atoms with van der Waals surface area (Å²) in [6.07, 6.45) is 1.07. The van der Waals surface area contributed by atoms with E-state index in [1.54, 1.807) is 0 Å². The lowest BCUT2D eigenvalue weighted by Crippen LogP contribution is -1.99. The number of nitrogens with zero attached hydrogens (tertiary/aromatic N) is 2. The molecule has 1 aromatic carbocycles. The van der Waals surface area contributed by atoms with Crippen molar-refractivity contribution < 1.29 is 19.2 Å². The molecule has 1 rings (SSSR count). The summed E-state index contributed by atoms with van der Waals surface area (Å²) in [5, 5.41) is 10.6. The maximum atomic E-state index is 11.1. The lowest BCUT2D eigenvalue weighted by atomic mass is 10.2. The predicted octanol–water partition coefficient (Wildman–Crippen LogP) is 1.08. The normalized spacial score (nSPS) is 9.06. The van der Waals surface area contributed by atoms with Gasteiger partial charge in [0.25, 0.3) is 5.91 Å². The average molecular weight is 222 g/mol. The Balaban J connectivity index is 3.26. The molecule has 0 aliphatic rings. The number of nitro benzene ring substituents is 1. The summed E-state index contributed by atoms with van der Waals surface area (Å²) >= 11 is 0. The number of methoxy groups -OCH3 is 1. The standard InChI is InChI=1S/C9H6N2O5/c1-16-8-3-2-6(9(13)10-5-12)4-7(8)11(14)15/h2-4H,1H3. The highest BCUT2D eigenvalue weighted by molar-refractivity contribution is 5.98. The van der Waals surface area contributed by atoms with Crippen LogP contribution < -0.4 is 4.74 Å². The van der Waals surface area contributed by atoms with Gasteiger partial charge in [-0.25, -0.2) is 4.79 Å². The SMILES string of the molecule is COc1ccc(C(=O)N=C=O)cc1[N+](=O)[O-]. The zero-order chi connectivity index (χ0) is 12.1. The van der Waals surface area contributed by atoms with Crippen LogP contribution in [0.25, 0.3) is 0 Å². The van der Waals surface area contributed by atoms with E-state index >= 15 is 0 Å². The minimum absolute atomic E-state index is 0.0247. The van der Waals surface area contributed by atoms with E-state index in [4.69, 9.17) is 4.74 Å². The first-order valence-electron chi connectivity index (χ1n) is 4.04. The Hall–Kier alpha value is -2.53. The first-order valence-corrected chi connectivity index (χ1v) is 4.04. The molecule has 0 atom stereocenters. The fraction of sp³-hybridized carbons (Fsp3) is 0.111. The molecule has 0 aliphatic heterocycles. The van der Waals surface area contributed by atoms with Gasteiger partial charge in [0, 0.05) is 11.6 Å². The number of rotatable bonds is 3. The first kappa shape index (κ1) is 11.5. The van der Waals surface area contributed by atoms with Gasteiger partial charge in [-0.2, -0.15) is 0 Å². The third kappa shape index (κ3) is 2.28. The summed E-state index contributed by atoms with van der Waals surface area (Å²) in [6, 6.07) is 3.52. The zero-order valence-electron chi connectivity index (χ0n) is 8.17. The molecule has 0 spiro atoms. The average Bonchev–Trinajstić information content (AvgIpc) is 2.28. The van der Waals surface area contributed by atoms with E-state index < -0.39 is 10.8 Å². The van der Waals surface area contributed by atoms with Crippen LogP contribution in [0.4, 0.5) is 5.69 Å². The Morgan fingerprint density at radius 2 is 2.25 bits per heavy atom. The maximum Gasteiger partial charge on any atom is 0.311 e. The van der Waals surface area contributed by atoms with Crippen molar-refractivity contribution in [1.29, 1.82) is 0 Å². The molecule has 0 fully saturated rings. The minimum Gasteiger partial charge on any atom is -0.490 e. The number of aliphatic imine (C=N–C) groups is 1. The number of carbonyl (C=O) groups excluding carboxylic acids is 2. The van der Waals surface area contributed by atoms with Gasteiger partial charge in [-0.05, 0) is 12.1 Å². The molecule has 0 saturated heterocycles. The second kappa shape index (κ2) is 4.81. The Morgan fingerprint density at radius 3 is 2.75 bits per heavy atom. The lowest BCUT2D eigenvalue weighted by molar-refractivity contribution is -0.385. The molecule has 0 saturated carbocycles. The smallest absolute Gasteiger partial charge is 0.311 e. The molecule has 0 unspecified atom stereocenters. The van der Waals surface area contributed by atoms with E-state index in [9.17, 15) is 19.7 Å². The summed E-state index contributed by atoms with van der Waals surface area (Å²) in [7, 11) is 1.27. The molecule has 0 N–H and O–H groups in total. The summed E-state index contributed by atoms with van der Waals surface area (Å²) in [5.41, 5.74) is -0.440. The first-order chi connectivity index (χ1) is 7.60. The predicted molar refractivity (Wildman–Crippen MR) is 52.1 cm³/mol. The number of carbonyl (C=O) groups is 1. The number of hydrogen-bond acceptors (Lipinski definition) is 5. The zero-order valence-corrected chi connectivity index (χ0v) is 8.17. The molecule has 1 amide bonds.